The molecule has 0 amide bonds. The lowest BCUT2D eigenvalue weighted by molar-refractivity contribution is 0.277. The molecule has 0 unspecified atom stereocenters. The van der Waals surface area contributed by atoms with Gasteiger partial charge in [0.1, 0.15) is 5.82 Å². The van der Waals surface area contributed by atoms with E-state index >= 15 is 0 Å². The molecule has 26 heavy (non-hydrogen) atoms. The van der Waals surface area contributed by atoms with Crippen molar-refractivity contribution in [3.8, 4) is 0 Å². The molecule has 1 aliphatic heterocycles. The Kier molecular flexibility index (Phi) is 4.46. The van der Waals surface area contributed by atoms with Crippen LogP contribution in [0.5, 0.6) is 0 Å². The first kappa shape index (κ1) is 17.5. The van der Waals surface area contributed by atoms with Crippen molar-refractivity contribution in [2.45, 2.75) is 23.8 Å². The molecule has 8 heteroatoms. The fourth-order valence-corrected chi connectivity index (χ4v) is 5.01. The topological polar surface area (TPSA) is 55.2 Å². The van der Waals surface area contributed by atoms with Crippen molar-refractivity contribution < 1.29 is 12.8 Å². The van der Waals surface area contributed by atoms with Crippen LogP contribution in [0.3, 0.4) is 0 Å². The Morgan fingerprint density at radius 3 is 2.46 bits per heavy atom. The average molecular weight is 394 g/mol. The molecule has 3 aromatic rings. The number of halogens is 2. The number of nitrogens with zero attached hydrogens (tertiary/aromatic N) is 3. The van der Waals surface area contributed by atoms with Gasteiger partial charge in [-0.15, -0.1) is 0 Å². The summed E-state index contributed by atoms with van der Waals surface area (Å²) in [6, 6.07) is 10.9. The smallest absolute Gasteiger partial charge is 0.243 e. The summed E-state index contributed by atoms with van der Waals surface area (Å²) in [7, 11) is -3.52. The van der Waals surface area contributed by atoms with E-state index in [2.05, 4.69) is 4.98 Å². The van der Waals surface area contributed by atoms with Crippen molar-refractivity contribution in [3.63, 3.8) is 0 Å². The van der Waals surface area contributed by atoms with Gasteiger partial charge in [0.2, 0.25) is 10.0 Å². The highest BCUT2D eigenvalue weighted by molar-refractivity contribution is 7.89. The number of benzene rings is 2. The lowest BCUT2D eigenvalue weighted by atomic mass is 10.1. The fraction of sp³-hybridized carbons (Fsp3) is 0.278. The molecule has 2 heterocycles. The first-order valence-corrected chi connectivity index (χ1v) is 10.1. The van der Waals surface area contributed by atoms with Gasteiger partial charge in [0.25, 0.3) is 0 Å². The number of rotatable bonds is 3. The molecular formula is C18H17ClFN3O2S. The van der Waals surface area contributed by atoms with Crippen molar-refractivity contribution in [1.82, 2.24) is 13.9 Å². The zero-order valence-corrected chi connectivity index (χ0v) is 15.4. The van der Waals surface area contributed by atoms with Crippen LogP contribution in [0.1, 0.15) is 18.9 Å². The summed E-state index contributed by atoms with van der Waals surface area (Å²) in [6.45, 7) is 0.854. The maximum absolute atomic E-state index is 13.3. The van der Waals surface area contributed by atoms with E-state index in [0.29, 0.717) is 36.5 Å². The molecule has 1 fully saturated rings. The third-order valence-corrected chi connectivity index (χ3v) is 6.97. The minimum Gasteiger partial charge on any atom is -0.327 e. The summed E-state index contributed by atoms with van der Waals surface area (Å²) >= 11 is 5.84. The molecule has 0 atom stereocenters. The molecule has 1 aromatic heterocycles. The standard InChI is InChI=1S/C18H17ClFN3O2S/c19-13-1-4-16(5-2-13)26(24,25)22-9-7-15(8-10-22)23-12-21-17-11-14(20)3-6-18(17)23/h1-6,11-12,15H,7-10H2. The zero-order valence-electron chi connectivity index (χ0n) is 13.8. The number of hydrogen-bond acceptors (Lipinski definition) is 3. The predicted molar refractivity (Wildman–Crippen MR) is 98.2 cm³/mol. The van der Waals surface area contributed by atoms with Crippen LogP contribution >= 0.6 is 11.6 Å². The van der Waals surface area contributed by atoms with Crippen LogP contribution in [-0.4, -0.2) is 35.4 Å². The number of piperidine rings is 1. The minimum absolute atomic E-state index is 0.141. The maximum atomic E-state index is 13.3. The third-order valence-electron chi connectivity index (χ3n) is 4.81. The lowest BCUT2D eigenvalue weighted by Crippen LogP contribution is -2.38. The first-order chi connectivity index (χ1) is 12.4. The van der Waals surface area contributed by atoms with E-state index in [0.717, 1.165) is 5.52 Å². The van der Waals surface area contributed by atoms with Crippen molar-refractivity contribution in [1.29, 1.82) is 0 Å². The fourth-order valence-electron chi connectivity index (χ4n) is 3.41. The van der Waals surface area contributed by atoms with Gasteiger partial charge < -0.3 is 4.57 Å². The molecule has 2 aromatic carbocycles. The summed E-state index contributed by atoms with van der Waals surface area (Å²) in [5, 5.41) is 0.506. The molecule has 0 N–H and O–H groups in total. The minimum atomic E-state index is -3.52. The summed E-state index contributed by atoms with van der Waals surface area (Å²) in [5.41, 5.74) is 1.48. The molecule has 0 saturated carbocycles. The van der Waals surface area contributed by atoms with E-state index in [4.69, 9.17) is 11.6 Å². The Morgan fingerprint density at radius 2 is 1.77 bits per heavy atom. The number of hydrogen-bond donors (Lipinski definition) is 0. The van der Waals surface area contributed by atoms with E-state index in [9.17, 15) is 12.8 Å². The number of fused-ring (bicyclic) bond motifs is 1. The first-order valence-electron chi connectivity index (χ1n) is 8.33. The number of aromatic nitrogens is 2. The summed E-state index contributed by atoms with van der Waals surface area (Å²) in [4.78, 5) is 4.51. The highest BCUT2D eigenvalue weighted by atomic mass is 35.5. The molecule has 0 aliphatic carbocycles. The van der Waals surface area contributed by atoms with Crippen LogP contribution in [0.15, 0.2) is 53.7 Å². The molecule has 1 saturated heterocycles. The summed E-state index contributed by atoms with van der Waals surface area (Å²) in [6.07, 6.45) is 3.06. The van der Waals surface area contributed by atoms with Gasteiger partial charge in [-0.2, -0.15) is 4.31 Å². The average Bonchev–Trinajstić information content (AvgIpc) is 3.05. The Labute approximate surface area is 156 Å². The van der Waals surface area contributed by atoms with Crippen LogP contribution in [0, 0.1) is 5.82 Å². The van der Waals surface area contributed by atoms with Crippen LogP contribution in [0.4, 0.5) is 4.39 Å². The normalized spacial score (nSPS) is 17.0. The van der Waals surface area contributed by atoms with Crippen molar-refractivity contribution in [2.75, 3.05) is 13.1 Å². The van der Waals surface area contributed by atoms with Crippen LogP contribution in [-0.2, 0) is 10.0 Å². The Bertz CT molecular complexity index is 1040. The van der Waals surface area contributed by atoms with Crippen molar-refractivity contribution in [3.05, 3.63) is 59.6 Å². The summed E-state index contributed by atoms with van der Waals surface area (Å²) in [5.74, 6) is -0.313. The highest BCUT2D eigenvalue weighted by Gasteiger charge is 2.30. The molecule has 4 rings (SSSR count). The van der Waals surface area contributed by atoms with Crippen LogP contribution in [0.2, 0.25) is 5.02 Å². The highest BCUT2D eigenvalue weighted by Crippen LogP contribution is 2.29. The predicted octanol–water partition coefficient (Wildman–Crippen LogP) is 3.85. The van der Waals surface area contributed by atoms with E-state index in [1.54, 1.807) is 24.5 Å². The van der Waals surface area contributed by atoms with Gasteiger partial charge in [-0.1, -0.05) is 11.6 Å². The molecule has 5 nitrogen and oxygen atoms in total. The maximum Gasteiger partial charge on any atom is 0.243 e. The largest absolute Gasteiger partial charge is 0.327 e. The Balaban J connectivity index is 1.52. The SMILES string of the molecule is O=S(=O)(c1ccc(Cl)cc1)N1CCC(n2cnc3cc(F)ccc32)CC1. The van der Waals surface area contributed by atoms with Gasteiger partial charge >= 0.3 is 0 Å². The molecule has 1 aliphatic rings. The number of sulfonamides is 1. The van der Waals surface area contributed by atoms with Gasteiger partial charge in [0.15, 0.2) is 0 Å². The molecule has 136 valence electrons. The van der Waals surface area contributed by atoms with E-state index in [1.165, 1.54) is 28.6 Å². The molecule has 0 bridgehead atoms. The van der Waals surface area contributed by atoms with E-state index in [-0.39, 0.29) is 16.8 Å². The van der Waals surface area contributed by atoms with E-state index < -0.39 is 10.0 Å². The molecule has 0 spiro atoms. The van der Waals surface area contributed by atoms with Gasteiger partial charge in [-0.25, -0.2) is 17.8 Å². The van der Waals surface area contributed by atoms with Crippen LogP contribution in [0.25, 0.3) is 11.0 Å². The quantitative estimate of drug-likeness (QED) is 0.679. The second-order valence-corrected chi connectivity index (χ2v) is 8.75. The summed E-state index contributed by atoms with van der Waals surface area (Å²) < 4.78 is 42.4. The third kappa shape index (κ3) is 3.11. The lowest BCUT2D eigenvalue weighted by Gasteiger charge is -2.32. The second kappa shape index (κ2) is 6.64. The van der Waals surface area contributed by atoms with Gasteiger partial charge in [-0.05, 0) is 49.2 Å². The monoisotopic (exact) mass is 393 g/mol. The Morgan fingerprint density at radius 1 is 1.08 bits per heavy atom. The molecular weight excluding hydrogens is 377 g/mol. The van der Waals surface area contributed by atoms with Crippen LogP contribution < -0.4 is 0 Å². The van der Waals surface area contributed by atoms with Crippen molar-refractivity contribution in [2.24, 2.45) is 0 Å². The van der Waals surface area contributed by atoms with Gasteiger partial charge in [0, 0.05) is 30.2 Å². The van der Waals surface area contributed by atoms with Gasteiger partial charge in [-0.3, -0.25) is 0 Å². The Hall–Kier alpha value is -1.96. The second-order valence-electron chi connectivity index (χ2n) is 6.37. The van der Waals surface area contributed by atoms with Gasteiger partial charge in [0.05, 0.1) is 22.3 Å². The van der Waals surface area contributed by atoms with E-state index in [1.807, 2.05) is 4.57 Å². The molecule has 0 radical (unpaired) electrons. The van der Waals surface area contributed by atoms with Crippen molar-refractivity contribution >= 4 is 32.7 Å². The zero-order chi connectivity index (χ0) is 18.3. The number of imidazole rings is 1.